The van der Waals surface area contributed by atoms with Gasteiger partial charge in [0, 0.05) is 68.5 Å². The molecule has 0 radical (unpaired) electrons. The number of rotatable bonds is 31. The summed E-state index contributed by atoms with van der Waals surface area (Å²) < 4.78 is 29.0. The topological polar surface area (TPSA) is 280 Å². The van der Waals surface area contributed by atoms with Crippen molar-refractivity contribution in [1.82, 2.24) is 35.8 Å². The Bertz CT molecular complexity index is 2570. The molecule has 19 nitrogen and oxygen atoms in total. The Morgan fingerprint density at radius 2 is 1.36 bits per heavy atom. The summed E-state index contributed by atoms with van der Waals surface area (Å²) in [6.45, 7) is 18.7. The SMILES string of the molecule is CN[C@H](C(=O)N[C@H](C(=O)N(C)[C@H](/C=C(\C)C(=O)NS(=O)(=O)Cc1ccc(CC(=O)[C@H](CCCNC(N)=O)NC(=O)[C@@H](CC(=O)CCCCCN2C(=O)C=CC2=O)C(C)C)cc1)C(C)C)C(C)(C)C)C(C)(C)c1ccccc1. The van der Waals surface area contributed by atoms with Crippen LogP contribution >= 0.6 is 0 Å². The lowest BCUT2D eigenvalue weighted by Gasteiger charge is -2.40. The van der Waals surface area contributed by atoms with Crippen LogP contribution in [-0.2, 0) is 66.0 Å². The molecule has 0 spiro atoms. The van der Waals surface area contributed by atoms with Gasteiger partial charge in [-0.15, -0.1) is 0 Å². The third kappa shape index (κ3) is 20.1. The number of primary amides is 1. The third-order valence-corrected chi connectivity index (χ3v) is 15.2. The molecule has 0 bridgehead atoms. The molecule has 77 heavy (non-hydrogen) atoms. The smallest absolute Gasteiger partial charge is 0.312 e. The minimum atomic E-state index is -4.26. The lowest BCUT2D eigenvalue weighted by atomic mass is 9.76. The van der Waals surface area contributed by atoms with E-state index in [-0.39, 0.29) is 85.5 Å². The molecular formula is C57H84N8O11S. The highest BCUT2D eigenvalue weighted by Crippen LogP contribution is 2.29. The van der Waals surface area contributed by atoms with Gasteiger partial charge in [-0.05, 0) is 73.6 Å². The molecule has 1 aliphatic heterocycles. The van der Waals surface area contributed by atoms with Crippen LogP contribution in [0.3, 0.4) is 0 Å². The molecule has 0 aromatic heterocycles. The number of ketones is 2. The number of Topliss-reactive ketones (excluding diaryl/α,β-unsaturated/α-hetero) is 2. The first-order valence-electron chi connectivity index (χ1n) is 26.4. The van der Waals surface area contributed by atoms with Gasteiger partial charge in [0.1, 0.15) is 11.8 Å². The number of carbonyl (C=O) groups excluding carboxylic acids is 9. The highest BCUT2D eigenvalue weighted by molar-refractivity contribution is 7.89. The van der Waals surface area contributed by atoms with Crippen molar-refractivity contribution in [1.29, 1.82) is 0 Å². The second-order valence-electron chi connectivity index (χ2n) is 22.4. The number of urea groups is 1. The van der Waals surface area contributed by atoms with Crippen LogP contribution in [0.4, 0.5) is 4.79 Å². The quantitative estimate of drug-likeness (QED) is 0.0334. The summed E-state index contributed by atoms with van der Waals surface area (Å²) in [7, 11) is -0.977. The first-order chi connectivity index (χ1) is 35.9. The lowest BCUT2D eigenvalue weighted by Crippen LogP contribution is -2.61. The van der Waals surface area contributed by atoms with Crippen molar-refractivity contribution in [3.05, 3.63) is 95.1 Å². The highest BCUT2D eigenvalue weighted by Gasteiger charge is 2.42. The fourth-order valence-electron chi connectivity index (χ4n) is 9.23. The maximum Gasteiger partial charge on any atom is 0.312 e. The number of hydrogen-bond donors (Lipinski definition) is 6. The number of likely N-dealkylation sites (N-methyl/N-ethyl adjacent to an activating group) is 2. The summed E-state index contributed by atoms with van der Waals surface area (Å²) in [6, 6.07) is 11.7. The Labute approximate surface area is 455 Å². The zero-order valence-corrected chi connectivity index (χ0v) is 47.9. The van der Waals surface area contributed by atoms with Crippen LogP contribution in [0.5, 0.6) is 0 Å². The van der Waals surface area contributed by atoms with Crippen molar-refractivity contribution in [2.24, 2.45) is 28.9 Å². The molecule has 7 N–H and O–H groups in total. The molecule has 424 valence electrons. The van der Waals surface area contributed by atoms with Gasteiger partial charge in [-0.25, -0.2) is 17.9 Å². The molecule has 0 saturated heterocycles. The number of amides is 8. The summed E-state index contributed by atoms with van der Waals surface area (Å²) in [6.07, 6.45) is 6.09. The number of carbonyl (C=O) groups is 9. The third-order valence-electron chi connectivity index (χ3n) is 14.0. The zero-order chi connectivity index (χ0) is 58.0. The largest absolute Gasteiger partial charge is 0.352 e. The maximum absolute atomic E-state index is 14.4. The Kier molecular flexibility index (Phi) is 24.6. The van der Waals surface area contributed by atoms with E-state index in [0.717, 1.165) is 10.5 Å². The number of sulfonamides is 1. The van der Waals surface area contributed by atoms with Gasteiger partial charge in [-0.2, -0.15) is 0 Å². The monoisotopic (exact) mass is 1090 g/mol. The van der Waals surface area contributed by atoms with E-state index in [1.165, 1.54) is 42.2 Å². The normalized spacial score (nSPS) is 15.1. The van der Waals surface area contributed by atoms with Crippen LogP contribution in [0.15, 0.2) is 78.4 Å². The van der Waals surface area contributed by atoms with Crippen LogP contribution in [0.2, 0.25) is 0 Å². The van der Waals surface area contributed by atoms with Crippen molar-refractivity contribution in [3.8, 4) is 0 Å². The molecule has 0 fully saturated rings. The Hall–Kier alpha value is -6.54. The van der Waals surface area contributed by atoms with E-state index in [2.05, 4.69) is 26.0 Å². The number of imide groups is 1. The first-order valence-corrected chi connectivity index (χ1v) is 28.1. The van der Waals surface area contributed by atoms with Gasteiger partial charge in [0.25, 0.3) is 17.7 Å². The average molecular weight is 1090 g/mol. The molecule has 8 amide bonds. The second kappa shape index (κ2) is 29.3. The van der Waals surface area contributed by atoms with Crippen molar-refractivity contribution >= 4 is 63.1 Å². The molecule has 0 unspecified atom stereocenters. The molecule has 3 rings (SSSR count). The average Bonchev–Trinajstić information content (AvgIpc) is 3.66. The number of unbranched alkanes of at least 4 members (excludes halogenated alkanes) is 2. The van der Waals surface area contributed by atoms with Crippen LogP contribution < -0.4 is 31.7 Å². The Morgan fingerprint density at radius 3 is 1.91 bits per heavy atom. The van der Waals surface area contributed by atoms with Gasteiger partial charge in [-0.3, -0.25) is 43.3 Å². The molecule has 0 saturated carbocycles. The summed E-state index contributed by atoms with van der Waals surface area (Å²) in [5.74, 6) is -5.13. The molecule has 20 heteroatoms. The van der Waals surface area contributed by atoms with Crippen molar-refractivity contribution in [2.75, 3.05) is 27.2 Å². The number of benzene rings is 2. The predicted octanol–water partition coefficient (Wildman–Crippen LogP) is 4.92. The zero-order valence-electron chi connectivity index (χ0n) is 47.1. The minimum absolute atomic E-state index is 0.0492. The van der Waals surface area contributed by atoms with E-state index in [1.54, 1.807) is 26.2 Å². The highest BCUT2D eigenvalue weighted by atomic mass is 32.2. The Balaban J connectivity index is 1.67. The van der Waals surface area contributed by atoms with E-state index in [4.69, 9.17) is 5.73 Å². The lowest BCUT2D eigenvalue weighted by molar-refractivity contribution is -0.141. The van der Waals surface area contributed by atoms with Crippen molar-refractivity contribution < 1.29 is 51.6 Å². The molecule has 5 atom stereocenters. The molecular weight excluding hydrogens is 1000 g/mol. The summed E-state index contributed by atoms with van der Waals surface area (Å²) in [5.41, 5.74) is 5.67. The molecule has 2 aromatic carbocycles. The second-order valence-corrected chi connectivity index (χ2v) is 24.1. The number of hydrogen-bond acceptors (Lipinski definition) is 12. The van der Waals surface area contributed by atoms with Crippen LogP contribution in [0.25, 0.3) is 0 Å². The van der Waals surface area contributed by atoms with Crippen molar-refractivity contribution in [3.63, 3.8) is 0 Å². The summed E-state index contributed by atoms with van der Waals surface area (Å²) >= 11 is 0. The fraction of sp³-hybridized carbons (Fsp3) is 0.561. The maximum atomic E-state index is 14.4. The van der Waals surface area contributed by atoms with Gasteiger partial charge in [0.15, 0.2) is 5.78 Å². The van der Waals surface area contributed by atoms with E-state index in [9.17, 15) is 51.6 Å². The van der Waals surface area contributed by atoms with E-state index in [1.807, 2.05) is 92.6 Å². The molecule has 1 aliphatic rings. The fourth-order valence-corrected chi connectivity index (χ4v) is 10.4. The van der Waals surface area contributed by atoms with E-state index in [0.29, 0.717) is 36.8 Å². The minimum Gasteiger partial charge on any atom is -0.352 e. The number of nitrogens with one attached hydrogen (secondary N) is 5. The molecule has 2 aromatic rings. The molecule has 1 heterocycles. The van der Waals surface area contributed by atoms with Gasteiger partial charge < -0.3 is 31.9 Å². The summed E-state index contributed by atoms with van der Waals surface area (Å²) in [4.78, 5) is 120. The van der Waals surface area contributed by atoms with Crippen molar-refractivity contribution in [2.45, 2.75) is 156 Å². The number of nitrogens with zero attached hydrogens (tertiary/aromatic N) is 2. The van der Waals surface area contributed by atoms with Gasteiger partial charge >= 0.3 is 6.03 Å². The van der Waals surface area contributed by atoms with Gasteiger partial charge in [-0.1, -0.05) is 129 Å². The van der Waals surface area contributed by atoms with E-state index >= 15 is 0 Å². The van der Waals surface area contributed by atoms with Crippen LogP contribution in [0.1, 0.15) is 131 Å². The van der Waals surface area contributed by atoms with Crippen LogP contribution in [-0.4, -0.2) is 123 Å². The van der Waals surface area contributed by atoms with Gasteiger partial charge in [0.2, 0.25) is 27.7 Å². The molecule has 0 aliphatic carbocycles. The Morgan fingerprint density at radius 1 is 0.766 bits per heavy atom. The number of nitrogens with two attached hydrogens (primary N) is 1. The summed E-state index contributed by atoms with van der Waals surface area (Å²) in [5, 5.41) is 11.5. The predicted molar refractivity (Wildman–Crippen MR) is 296 cm³/mol. The standard InChI is InChI=1S/C57H84N8O11S/c1-36(2)43(34-42(66)22-17-14-18-31-65-47(68)28-29-48(65)69)52(71)61-44(23-19-30-60-55(58)74)46(67)33-39-24-26-40(27-25-39)35-77(75,76)63-51(70)38(5)32-45(37(3)4)64(12)54(73)50(56(6,7)8)62-53(72)49(59-11)57(9,10)41-20-15-13-16-21-41/h13,15-16,20-21,24-29,32,36-37,43-45,49-50,59H,14,17-19,22-23,30-31,33-35H2,1-12H3,(H,61,71)(H,62,72)(H,63,70)(H3,58,60,74)/b38-32+/t43-,44-,45+,49+,50+/m0/s1. The first kappa shape index (κ1) is 64.7. The van der Waals surface area contributed by atoms with Crippen LogP contribution in [0, 0.1) is 23.2 Å². The van der Waals surface area contributed by atoms with Gasteiger partial charge in [0.05, 0.1) is 23.9 Å². The van der Waals surface area contributed by atoms with E-state index < -0.39 is 80.4 Å².